The topological polar surface area (TPSA) is 20.2 Å². The fourth-order valence-electron chi connectivity index (χ4n) is 4.16. The number of rotatable bonds is 2. The Labute approximate surface area is 107 Å². The fourth-order valence-corrected chi connectivity index (χ4v) is 4.16. The molecule has 2 rings (SSSR count). The van der Waals surface area contributed by atoms with Gasteiger partial charge in [-0.2, -0.15) is 0 Å². The second-order valence-electron chi connectivity index (χ2n) is 6.78. The normalized spacial score (nSPS) is 44.3. The zero-order chi connectivity index (χ0) is 12.3. The van der Waals surface area contributed by atoms with Gasteiger partial charge >= 0.3 is 0 Å². The monoisotopic (exact) mass is 238 g/mol. The Morgan fingerprint density at radius 3 is 2.59 bits per heavy atom. The molecule has 1 nitrogen and oxygen atoms in total. The van der Waals surface area contributed by atoms with E-state index in [9.17, 15) is 5.11 Å². The van der Waals surface area contributed by atoms with Crippen LogP contribution in [0.3, 0.4) is 0 Å². The average molecular weight is 238 g/mol. The van der Waals surface area contributed by atoms with Crippen LogP contribution in [0.2, 0.25) is 0 Å². The molecule has 0 spiro atoms. The smallest absolute Gasteiger partial charge is 0.0676 e. The van der Waals surface area contributed by atoms with Gasteiger partial charge in [0.15, 0.2) is 0 Å². The molecule has 2 aliphatic carbocycles. The molecule has 0 heterocycles. The molecule has 1 N–H and O–H groups in total. The van der Waals surface area contributed by atoms with E-state index in [-0.39, 0.29) is 5.60 Å². The Hall–Kier alpha value is -0.0400. The molecule has 0 radical (unpaired) electrons. The largest absolute Gasteiger partial charge is 0.390 e. The summed E-state index contributed by atoms with van der Waals surface area (Å²) in [5, 5.41) is 11.0. The van der Waals surface area contributed by atoms with Crippen LogP contribution in [0.25, 0.3) is 0 Å². The first-order chi connectivity index (χ1) is 8.14. The second-order valence-corrected chi connectivity index (χ2v) is 6.78. The first-order valence-corrected chi connectivity index (χ1v) is 7.86. The summed E-state index contributed by atoms with van der Waals surface area (Å²) >= 11 is 0. The van der Waals surface area contributed by atoms with Gasteiger partial charge in [-0.05, 0) is 49.9 Å². The summed E-state index contributed by atoms with van der Waals surface area (Å²) < 4.78 is 0. The molecule has 0 saturated heterocycles. The fraction of sp³-hybridized carbons (Fsp3) is 1.00. The van der Waals surface area contributed by atoms with Crippen molar-refractivity contribution in [3.8, 4) is 0 Å². The van der Waals surface area contributed by atoms with E-state index in [0.29, 0.717) is 5.92 Å². The van der Waals surface area contributed by atoms with E-state index in [2.05, 4.69) is 13.8 Å². The Bertz CT molecular complexity index is 238. The average Bonchev–Trinajstić information content (AvgIpc) is 2.52. The molecule has 0 amide bonds. The lowest BCUT2D eigenvalue weighted by molar-refractivity contribution is -0.0525. The molecule has 0 aromatic rings. The molecular weight excluding hydrogens is 208 g/mol. The Morgan fingerprint density at radius 2 is 1.88 bits per heavy atom. The van der Waals surface area contributed by atoms with Crippen molar-refractivity contribution in [3.05, 3.63) is 0 Å². The number of hydrogen-bond donors (Lipinski definition) is 1. The van der Waals surface area contributed by atoms with E-state index in [1.165, 1.54) is 51.4 Å². The molecule has 4 unspecified atom stereocenters. The van der Waals surface area contributed by atoms with Crippen LogP contribution in [0.5, 0.6) is 0 Å². The molecule has 4 atom stereocenters. The highest BCUT2D eigenvalue weighted by Gasteiger charge is 2.39. The minimum atomic E-state index is -0.307. The van der Waals surface area contributed by atoms with Crippen molar-refractivity contribution in [1.29, 1.82) is 0 Å². The van der Waals surface area contributed by atoms with E-state index in [4.69, 9.17) is 0 Å². The summed E-state index contributed by atoms with van der Waals surface area (Å²) in [6.45, 7) is 4.67. The maximum Gasteiger partial charge on any atom is 0.0676 e. The quantitative estimate of drug-likeness (QED) is 0.701. The molecule has 2 saturated carbocycles. The van der Waals surface area contributed by atoms with Crippen molar-refractivity contribution < 1.29 is 5.11 Å². The third kappa shape index (κ3) is 3.24. The van der Waals surface area contributed by atoms with Gasteiger partial charge in [-0.1, -0.05) is 46.0 Å². The Morgan fingerprint density at radius 1 is 1.06 bits per heavy atom. The van der Waals surface area contributed by atoms with Crippen LogP contribution >= 0.6 is 0 Å². The van der Waals surface area contributed by atoms with Gasteiger partial charge in [0.25, 0.3) is 0 Å². The predicted octanol–water partition coefficient (Wildman–Crippen LogP) is 4.53. The van der Waals surface area contributed by atoms with Crippen LogP contribution in [0, 0.1) is 17.8 Å². The third-order valence-electron chi connectivity index (χ3n) is 5.48. The summed E-state index contributed by atoms with van der Waals surface area (Å²) in [5.74, 6) is 2.31. The van der Waals surface area contributed by atoms with Crippen molar-refractivity contribution in [2.24, 2.45) is 17.8 Å². The van der Waals surface area contributed by atoms with Crippen LogP contribution in [0.1, 0.15) is 78.1 Å². The maximum absolute atomic E-state index is 11.0. The van der Waals surface area contributed by atoms with Crippen molar-refractivity contribution in [3.63, 3.8) is 0 Å². The summed E-state index contributed by atoms with van der Waals surface area (Å²) in [4.78, 5) is 0. The molecule has 0 aromatic heterocycles. The summed E-state index contributed by atoms with van der Waals surface area (Å²) in [7, 11) is 0. The second kappa shape index (κ2) is 5.73. The van der Waals surface area contributed by atoms with Crippen LogP contribution in [-0.4, -0.2) is 10.7 Å². The standard InChI is InChI=1S/C16H30O/c1-3-14-7-5-10-16(17,11-9-14)15-8-4-6-13(2)12-15/h13-15,17H,3-12H2,1-2H3. The number of aliphatic hydroxyl groups is 1. The summed E-state index contributed by atoms with van der Waals surface area (Å²) in [5.41, 5.74) is -0.307. The highest BCUT2D eigenvalue weighted by Crippen LogP contribution is 2.43. The van der Waals surface area contributed by atoms with Gasteiger partial charge in [-0.25, -0.2) is 0 Å². The van der Waals surface area contributed by atoms with Gasteiger partial charge in [0.1, 0.15) is 0 Å². The zero-order valence-electron chi connectivity index (χ0n) is 11.8. The van der Waals surface area contributed by atoms with Crippen LogP contribution < -0.4 is 0 Å². The lowest BCUT2D eigenvalue weighted by atomic mass is 9.70. The van der Waals surface area contributed by atoms with Gasteiger partial charge in [-0.3, -0.25) is 0 Å². The van der Waals surface area contributed by atoms with Gasteiger partial charge in [0.2, 0.25) is 0 Å². The van der Waals surface area contributed by atoms with Crippen LogP contribution in [0.4, 0.5) is 0 Å². The molecule has 0 bridgehead atoms. The highest BCUT2D eigenvalue weighted by molar-refractivity contribution is 4.91. The highest BCUT2D eigenvalue weighted by atomic mass is 16.3. The van der Waals surface area contributed by atoms with E-state index in [1.54, 1.807) is 0 Å². The SMILES string of the molecule is CCC1CCCC(O)(C2CCCC(C)C2)CC1. The lowest BCUT2D eigenvalue weighted by Gasteiger charge is -2.40. The maximum atomic E-state index is 11.0. The molecule has 0 aromatic carbocycles. The van der Waals surface area contributed by atoms with E-state index >= 15 is 0 Å². The summed E-state index contributed by atoms with van der Waals surface area (Å²) in [6.07, 6.45) is 12.6. The molecule has 17 heavy (non-hydrogen) atoms. The minimum absolute atomic E-state index is 0.307. The van der Waals surface area contributed by atoms with Crippen LogP contribution in [-0.2, 0) is 0 Å². The Balaban J connectivity index is 1.97. The summed E-state index contributed by atoms with van der Waals surface area (Å²) in [6, 6.07) is 0. The van der Waals surface area contributed by atoms with Gasteiger partial charge < -0.3 is 5.11 Å². The van der Waals surface area contributed by atoms with Gasteiger partial charge in [0.05, 0.1) is 5.60 Å². The molecule has 2 aliphatic rings. The molecule has 2 fully saturated rings. The lowest BCUT2D eigenvalue weighted by Crippen LogP contribution is -2.40. The Kier molecular flexibility index (Phi) is 4.52. The predicted molar refractivity (Wildman–Crippen MR) is 72.9 cm³/mol. The van der Waals surface area contributed by atoms with Gasteiger partial charge in [0, 0.05) is 0 Å². The van der Waals surface area contributed by atoms with E-state index in [1.807, 2.05) is 0 Å². The van der Waals surface area contributed by atoms with Crippen molar-refractivity contribution in [2.45, 2.75) is 83.7 Å². The minimum Gasteiger partial charge on any atom is -0.390 e. The van der Waals surface area contributed by atoms with Crippen molar-refractivity contribution >= 4 is 0 Å². The van der Waals surface area contributed by atoms with E-state index < -0.39 is 0 Å². The van der Waals surface area contributed by atoms with Crippen molar-refractivity contribution in [1.82, 2.24) is 0 Å². The van der Waals surface area contributed by atoms with Crippen molar-refractivity contribution in [2.75, 3.05) is 0 Å². The molecular formula is C16H30O. The van der Waals surface area contributed by atoms with Crippen LogP contribution in [0.15, 0.2) is 0 Å². The zero-order valence-corrected chi connectivity index (χ0v) is 11.8. The molecule has 0 aliphatic heterocycles. The first-order valence-electron chi connectivity index (χ1n) is 7.86. The molecule has 1 heteroatoms. The molecule has 100 valence electrons. The van der Waals surface area contributed by atoms with Gasteiger partial charge in [-0.15, -0.1) is 0 Å². The van der Waals surface area contributed by atoms with E-state index in [0.717, 1.165) is 24.7 Å². The first kappa shape index (κ1) is 13.4. The number of hydrogen-bond acceptors (Lipinski definition) is 1. The third-order valence-corrected chi connectivity index (χ3v) is 5.48.